The van der Waals surface area contributed by atoms with E-state index in [2.05, 4.69) is 30.7 Å². The van der Waals surface area contributed by atoms with Crippen molar-refractivity contribution in [3.63, 3.8) is 0 Å². The summed E-state index contributed by atoms with van der Waals surface area (Å²) in [5.74, 6) is 2.40. The minimum absolute atomic E-state index is 0.264. The van der Waals surface area contributed by atoms with Crippen molar-refractivity contribution < 1.29 is 4.74 Å². The maximum absolute atomic E-state index is 6.19. The highest BCUT2D eigenvalue weighted by molar-refractivity contribution is 6.30. The molecule has 1 fully saturated rings. The summed E-state index contributed by atoms with van der Waals surface area (Å²) in [5.41, 5.74) is 1.84. The highest BCUT2D eigenvalue weighted by Crippen LogP contribution is 2.33. The number of aliphatic imine (C=N–C) groups is 1. The lowest BCUT2D eigenvalue weighted by Crippen LogP contribution is -2.44. The number of benzene rings is 1. The van der Waals surface area contributed by atoms with Crippen molar-refractivity contribution in [2.75, 3.05) is 32.1 Å². The monoisotopic (exact) mass is 413 g/mol. The van der Waals surface area contributed by atoms with Gasteiger partial charge in [0.05, 0.1) is 19.3 Å². The molecule has 1 saturated heterocycles. The van der Waals surface area contributed by atoms with Gasteiger partial charge in [0.25, 0.3) is 0 Å². The fourth-order valence-corrected chi connectivity index (χ4v) is 3.74. The number of anilines is 1. The van der Waals surface area contributed by atoms with E-state index in [1.807, 2.05) is 47.0 Å². The standard InChI is InChI=1S/C20H24ClN7O/c1-22-20(23-12-19-26-25-18-5-3-4-9-28(18)19)24-15-8-10-27(13-15)16-11-14(21)6-7-17(16)29-2/h3-7,9,11,15H,8,10,12-13H2,1-2H3,(H2,22,23,24). The molecule has 0 aliphatic carbocycles. The van der Waals surface area contributed by atoms with Gasteiger partial charge in [0.15, 0.2) is 17.4 Å². The van der Waals surface area contributed by atoms with Crippen LogP contribution in [0.4, 0.5) is 5.69 Å². The number of nitrogens with zero attached hydrogens (tertiary/aromatic N) is 5. The third kappa shape index (κ3) is 4.22. The molecule has 0 bridgehead atoms. The summed E-state index contributed by atoms with van der Waals surface area (Å²) in [6, 6.07) is 11.8. The Morgan fingerprint density at radius 3 is 3.03 bits per heavy atom. The molecule has 152 valence electrons. The van der Waals surface area contributed by atoms with Gasteiger partial charge in [-0.15, -0.1) is 10.2 Å². The summed E-state index contributed by atoms with van der Waals surface area (Å²) in [5, 5.41) is 15.9. The number of pyridine rings is 1. The fraction of sp³-hybridized carbons (Fsp3) is 0.350. The Morgan fingerprint density at radius 1 is 1.31 bits per heavy atom. The van der Waals surface area contributed by atoms with Gasteiger partial charge in [-0.1, -0.05) is 17.7 Å². The first-order valence-corrected chi connectivity index (χ1v) is 9.90. The third-order valence-corrected chi connectivity index (χ3v) is 5.27. The summed E-state index contributed by atoms with van der Waals surface area (Å²) >= 11 is 6.19. The van der Waals surface area contributed by atoms with Crippen LogP contribution in [0.15, 0.2) is 47.6 Å². The Hall–Kier alpha value is -3.00. The zero-order valence-electron chi connectivity index (χ0n) is 16.5. The van der Waals surface area contributed by atoms with E-state index in [4.69, 9.17) is 16.3 Å². The predicted molar refractivity (Wildman–Crippen MR) is 115 cm³/mol. The summed E-state index contributed by atoms with van der Waals surface area (Å²) in [7, 11) is 3.45. The van der Waals surface area contributed by atoms with Gasteiger partial charge >= 0.3 is 0 Å². The van der Waals surface area contributed by atoms with Crippen molar-refractivity contribution in [1.29, 1.82) is 0 Å². The topological polar surface area (TPSA) is 79.1 Å². The fourth-order valence-electron chi connectivity index (χ4n) is 3.57. The van der Waals surface area contributed by atoms with Crippen LogP contribution in [-0.4, -0.2) is 53.8 Å². The van der Waals surface area contributed by atoms with Gasteiger partial charge in [-0.05, 0) is 36.8 Å². The van der Waals surface area contributed by atoms with E-state index in [1.165, 1.54) is 0 Å². The van der Waals surface area contributed by atoms with Crippen LogP contribution in [0.2, 0.25) is 5.02 Å². The normalized spacial score (nSPS) is 17.0. The van der Waals surface area contributed by atoms with Crippen LogP contribution in [0, 0.1) is 0 Å². The molecule has 0 saturated carbocycles. The zero-order chi connectivity index (χ0) is 20.2. The third-order valence-electron chi connectivity index (χ3n) is 5.03. The second kappa shape index (κ2) is 8.57. The molecule has 2 N–H and O–H groups in total. The minimum Gasteiger partial charge on any atom is -0.495 e. The summed E-state index contributed by atoms with van der Waals surface area (Å²) in [6.45, 7) is 2.29. The van der Waals surface area contributed by atoms with E-state index >= 15 is 0 Å². The molecular formula is C20H24ClN7O. The van der Waals surface area contributed by atoms with Gasteiger partial charge in [-0.3, -0.25) is 9.39 Å². The van der Waals surface area contributed by atoms with Crippen molar-refractivity contribution in [2.24, 2.45) is 4.99 Å². The molecule has 4 rings (SSSR count). The smallest absolute Gasteiger partial charge is 0.191 e. The average Bonchev–Trinajstić information content (AvgIpc) is 3.38. The van der Waals surface area contributed by atoms with E-state index < -0.39 is 0 Å². The molecule has 0 spiro atoms. The number of guanidine groups is 1. The number of fused-ring (bicyclic) bond motifs is 1. The second-order valence-electron chi connectivity index (χ2n) is 6.86. The first-order chi connectivity index (χ1) is 14.2. The number of nitrogens with one attached hydrogen (secondary N) is 2. The number of ether oxygens (including phenoxy) is 1. The van der Waals surface area contributed by atoms with E-state index in [0.717, 1.165) is 48.4 Å². The van der Waals surface area contributed by atoms with Gasteiger partial charge in [0, 0.05) is 37.4 Å². The molecule has 3 heterocycles. The van der Waals surface area contributed by atoms with E-state index in [-0.39, 0.29) is 6.04 Å². The number of hydrogen-bond acceptors (Lipinski definition) is 5. The summed E-state index contributed by atoms with van der Waals surface area (Å²) in [4.78, 5) is 6.63. The minimum atomic E-state index is 0.264. The van der Waals surface area contributed by atoms with Crippen molar-refractivity contribution >= 4 is 28.9 Å². The lowest BCUT2D eigenvalue weighted by atomic mass is 10.2. The Morgan fingerprint density at radius 2 is 2.21 bits per heavy atom. The molecule has 1 aliphatic heterocycles. The molecular weight excluding hydrogens is 390 g/mol. The maximum Gasteiger partial charge on any atom is 0.191 e. The second-order valence-corrected chi connectivity index (χ2v) is 7.30. The highest BCUT2D eigenvalue weighted by Gasteiger charge is 2.25. The SMILES string of the molecule is CN=C(NCc1nnc2ccccn12)NC1CCN(c2cc(Cl)ccc2OC)C1. The van der Waals surface area contributed by atoms with E-state index in [9.17, 15) is 0 Å². The van der Waals surface area contributed by atoms with Gasteiger partial charge in [-0.25, -0.2) is 0 Å². The van der Waals surface area contributed by atoms with Crippen LogP contribution in [0.5, 0.6) is 5.75 Å². The molecule has 1 aromatic carbocycles. The number of methoxy groups -OCH3 is 1. The van der Waals surface area contributed by atoms with Crippen molar-refractivity contribution in [3.8, 4) is 5.75 Å². The average molecular weight is 414 g/mol. The number of hydrogen-bond donors (Lipinski definition) is 2. The van der Waals surface area contributed by atoms with Crippen molar-refractivity contribution in [1.82, 2.24) is 25.2 Å². The van der Waals surface area contributed by atoms with Crippen molar-refractivity contribution in [3.05, 3.63) is 53.4 Å². The van der Waals surface area contributed by atoms with Crippen LogP contribution in [0.25, 0.3) is 5.65 Å². The van der Waals surface area contributed by atoms with E-state index in [1.54, 1.807) is 14.2 Å². The van der Waals surface area contributed by atoms with Crippen molar-refractivity contribution in [2.45, 2.75) is 19.0 Å². The van der Waals surface area contributed by atoms with Crippen LogP contribution in [0.1, 0.15) is 12.2 Å². The molecule has 8 nitrogen and oxygen atoms in total. The van der Waals surface area contributed by atoms with Crippen LogP contribution >= 0.6 is 11.6 Å². The lowest BCUT2D eigenvalue weighted by Gasteiger charge is -2.22. The number of halogens is 1. The first-order valence-electron chi connectivity index (χ1n) is 9.52. The predicted octanol–water partition coefficient (Wildman–Crippen LogP) is 2.34. The summed E-state index contributed by atoms with van der Waals surface area (Å²) < 4.78 is 7.45. The quantitative estimate of drug-likeness (QED) is 0.493. The van der Waals surface area contributed by atoms with Gasteiger partial charge < -0.3 is 20.3 Å². The van der Waals surface area contributed by atoms with Crippen LogP contribution in [0.3, 0.4) is 0 Å². The highest BCUT2D eigenvalue weighted by atomic mass is 35.5. The van der Waals surface area contributed by atoms with Gasteiger partial charge in [-0.2, -0.15) is 0 Å². The number of aromatic nitrogens is 3. The van der Waals surface area contributed by atoms with Gasteiger partial charge in [0.1, 0.15) is 5.75 Å². The van der Waals surface area contributed by atoms with Crippen LogP contribution in [-0.2, 0) is 6.54 Å². The molecule has 9 heteroatoms. The number of rotatable bonds is 5. The maximum atomic E-state index is 6.19. The Balaban J connectivity index is 1.37. The molecule has 1 atom stereocenters. The summed E-state index contributed by atoms with van der Waals surface area (Å²) in [6.07, 6.45) is 2.94. The van der Waals surface area contributed by atoms with E-state index in [0.29, 0.717) is 11.6 Å². The molecule has 0 radical (unpaired) electrons. The van der Waals surface area contributed by atoms with Gasteiger partial charge in [0.2, 0.25) is 0 Å². The zero-order valence-corrected chi connectivity index (χ0v) is 17.2. The molecule has 29 heavy (non-hydrogen) atoms. The first kappa shape index (κ1) is 19.3. The lowest BCUT2D eigenvalue weighted by molar-refractivity contribution is 0.415. The Bertz CT molecular complexity index is 1020. The Kier molecular flexibility index (Phi) is 5.71. The molecule has 1 aliphatic rings. The molecule has 0 amide bonds. The molecule has 1 unspecified atom stereocenters. The molecule has 2 aromatic heterocycles. The Labute approximate surface area is 174 Å². The molecule has 3 aromatic rings. The largest absolute Gasteiger partial charge is 0.495 e. The van der Waals surface area contributed by atoms with Crippen LogP contribution < -0.4 is 20.3 Å².